The minimum absolute atomic E-state index is 0.111. The van der Waals surface area contributed by atoms with E-state index in [0.29, 0.717) is 11.4 Å². The molecular formula is C17H19ClN2O5S. The second-order valence-corrected chi connectivity index (χ2v) is 7.75. The highest BCUT2D eigenvalue weighted by Gasteiger charge is 2.27. The van der Waals surface area contributed by atoms with Gasteiger partial charge < -0.3 is 14.8 Å². The molecule has 0 unspecified atom stereocenters. The summed E-state index contributed by atoms with van der Waals surface area (Å²) < 4.78 is 36.7. The molecule has 2 rings (SSSR count). The first-order chi connectivity index (χ1) is 12.3. The minimum atomic E-state index is -3.98. The predicted octanol–water partition coefficient (Wildman–Crippen LogP) is 2.62. The molecule has 26 heavy (non-hydrogen) atoms. The molecule has 0 spiro atoms. The summed E-state index contributed by atoms with van der Waals surface area (Å²) in [7, 11) is 0.165. The number of hydrogen-bond donors (Lipinski definition) is 1. The van der Waals surface area contributed by atoms with E-state index in [2.05, 4.69) is 5.32 Å². The number of hydrogen-bond acceptors (Lipinski definition) is 5. The van der Waals surface area contributed by atoms with Crippen LogP contribution in [0, 0.1) is 0 Å². The van der Waals surface area contributed by atoms with Gasteiger partial charge in [0.25, 0.3) is 0 Å². The van der Waals surface area contributed by atoms with Gasteiger partial charge in [-0.2, -0.15) is 4.31 Å². The van der Waals surface area contributed by atoms with Gasteiger partial charge in [0.1, 0.15) is 16.4 Å². The van der Waals surface area contributed by atoms with Crippen molar-refractivity contribution in [3.05, 3.63) is 47.5 Å². The second-order valence-electron chi connectivity index (χ2n) is 5.30. The zero-order valence-corrected chi connectivity index (χ0v) is 16.1. The Morgan fingerprint density at radius 2 is 1.77 bits per heavy atom. The Bertz CT molecular complexity index is 902. The van der Waals surface area contributed by atoms with E-state index in [9.17, 15) is 13.2 Å². The number of sulfonamides is 1. The summed E-state index contributed by atoms with van der Waals surface area (Å²) in [5, 5.41) is 2.88. The lowest BCUT2D eigenvalue weighted by molar-refractivity contribution is -0.116. The van der Waals surface area contributed by atoms with Gasteiger partial charge in [-0.05, 0) is 30.3 Å². The van der Waals surface area contributed by atoms with Crippen LogP contribution >= 0.6 is 11.6 Å². The van der Waals surface area contributed by atoms with Crippen LogP contribution in [-0.4, -0.2) is 46.4 Å². The average Bonchev–Trinajstić information content (AvgIpc) is 2.61. The molecule has 0 heterocycles. The van der Waals surface area contributed by atoms with Crippen molar-refractivity contribution in [2.75, 3.05) is 33.1 Å². The number of methoxy groups -OCH3 is 2. The highest BCUT2D eigenvalue weighted by atomic mass is 35.5. The second kappa shape index (κ2) is 8.39. The van der Waals surface area contributed by atoms with E-state index in [1.54, 1.807) is 24.3 Å². The van der Waals surface area contributed by atoms with Gasteiger partial charge in [-0.15, -0.1) is 0 Å². The molecule has 0 fully saturated rings. The maximum absolute atomic E-state index is 12.8. The summed E-state index contributed by atoms with van der Waals surface area (Å²) in [6, 6.07) is 11.1. The van der Waals surface area contributed by atoms with Gasteiger partial charge in [-0.3, -0.25) is 4.79 Å². The summed E-state index contributed by atoms with van der Waals surface area (Å²) in [4.78, 5) is 12.1. The standard InChI is InChI=1S/C17H19ClN2O5S/c1-20(11-17(21)19-13-6-4-5-7-14(13)24-2)26(22,23)16-10-12(18)8-9-15(16)25-3/h4-10H,11H2,1-3H3,(H,19,21). The molecule has 7 nitrogen and oxygen atoms in total. The molecule has 2 aromatic carbocycles. The fourth-order valence-corrected chi connectivity index (χ4v) is 3.79. The third-order valence-electron chi connectivity index (χ3n) is 3.56. The Kier molecular flexibility index (Phi) is 6.47. The maximum atomic E-state index is 12.8. The quantitative estimate of drug-likeness (QED) is 0.774. The molecule has 0 aliphatic heterocycles. The van der Waals surface area contributed by atoms with E-state index in [4.69, 9.17) is 21.1 Å². The summed E-state index contributed by atoms with van der Waals surface area (Å²) in [6.45, 7) is -0.393. The van der Waals surface area contributed by atoms with Crippen molar-refractivity contribution in [2.24, 2.45) is 0 Å². The average molecular weight is 399 g/mol. The van der Waals surface area contributed by atoms with Crippen LogP contribution in [0.4, 0.5) is 5.69 Å². The minimum Gasteiger partial charge on any atom is -0.495 e. The van der Waals surface area contributed by atoms with Crippen molar-refractivity contribution in [1.29, 1.82) is 0 Å². The third-order valence-corrected chi connectivity index (χ3v) is 5.62. The summed E-state index contributed by atoms with van der Waals surface area (Å²) >= 11 is 5.90. The number of amides is 1. The van der Waals surface area contributed by atoms with Crippen LogP contribution < -0.4 is 14.8 Å². The van der Waals surface area contributed by atoms with Gasteiger partial charge in [0, 0.05) is 12.1 Å². The largest absolute Gasteiger partial charge is 0.495 e. The zero-order valence-electron chi connectivity index (χ0n) is 14.5. The lowest BCUT2D eigenvalue weighted by atomic mass is 10.3. The van der Waals surface area contributed by atoms with Crippen LogP contribution in [0.15, 0.2) is 47.4 Å². The normalized spacial score (nSPS) is 11.3. The highest BCUT2D eigenvalue weighted by Crippen LogP contribution is 2.29. The Morgan fingerprint density at radius 3 is 2.42 bits per heavy atom. The molecule has 0 aliphatic rings. The van der Waals surface area contributed by atoms with Gasteiger partial charge >= 0.3 is 0 Å². The fourth-order valence-electron chi connectivity index (χ4n) is 2.24. The lowest BCUT2D eigenvalue weighted by Crippen LogP contribution is -2.35. The number of nitrogens with one attached hydrogen (secondary N) is 1. The van der Waals surface area contributed by atoms with Gasteiger partial charge in [-0.1, -0.05) is 23.7 Å². The summed E-state index contributed by atoms with van der Waals surface area (Å²) in [6.07, 6.45) is 0. The molecule has 2 aromatic rings. The Hall–Kier alpha value is -2.29. The van der Waals surface area contributed by atoms with Crippen molar-refractivity contribution >= 4 is 33.2 Å². The number of ether oxygens (including phenoxy) is 2. The van der Waals surface area contributed by atoms with Crippen LogP contribution in [0.25, 0.3) is 0 Å². The SMILES string of the molecule is COc1ccccc1NC(=O)CN(C)S(=O)(=O)c1cc(Cl)ccc1OC. The Balaban J connectivity index is 2.19. The van der Waals surface area contributed by atoms with Gasteiger partial charge in [-0.25, -0.2) is 8.42 Å². The van der Waals surface area contributed by atoms with Crippen LogP contribution in [0.1, 0.15) is 0 Å². The van der Waals surface area contributed by atoms with Crippen molar-refractivity contribution < 1.29 is 22.7 Å². The van der Waals surface area contributed by atoms with E-state index in [1.165, 1.54) is 39.5 Å². The van der Waals surface area contributed by atoms with Gasteiger partial charge in [0.05, 0.1) is 26.5 Å². The van der Waals surface area contributed by atoms with Crippen LogP contribution in [0.2, 0.25) is 5.02 Å². The Morgan fingerprint density at radius 1 is 1.12 bits per heavy atom. The fraction of sp³-hybridized carbons (Fsp3) is 0.235. The highest BCUT2D eigenvalue weighted by molar-refractivity contribution is 7.89. The summed E-state index contributed by atoms with van der Waals surface area (Å²) in [5.74, 6) is 0.107. The number of likely N-dealkylation sites (N-methyl/N-ethyl adjacent to an activating group) is 1. The number of anilines is 1. The monoisotopic (exact) mass is 398 g/mol. The number of para-hydroxylation sites is 2. The van der Waals surface area contributed by atoms with Crippen molar-refractivity contribution in [1.82, 2.24) is 4.31 Å². The number of rotatable bonds is 7. The van der Waals surface area contributed by atoms with Gasteiger partial charge in [0.15, 0.2) is 0 Å². The zero-order chi connectivity index (χ0) is 19.3. The predicted molar refractivity (Wildman–Crippen MR) is 99.4 cm³/mol. The lowest BCUT2D eigenvalue weighted by Gasteiger charge is -2.19. The first-order valence-electron chi connectivity index (χ1n) is 7.52. The first kappa shape index (κ1) is 20.0. The maximum Gasteiger partial charge on any atom is 0.247 e. The van der Waals surface area contributed by atoms with E-state index in [1.807, 2.05) is 0 Å². The van der Waals surface area contributed by atoms with E-state index in [-0.39, 0.29) is 15.7 Å². The molecule has 0 saturated heterocycles. The van der Waals surface area contributed by atoms with Crippen molar-refractivity contribution in [3.8, 4) is 11.5 Å². The number of nitrogens with zero attached hydrogens (tertiary/aromatic N) is 1. The van der Waals surface area contributed by atoms with Crippen LogP contribution in [0.5, 0.6) is 11.5 Å². The molecule has 0 aromatic heterocycles. The molecular weight excluding hydrogens is 380 g/mol. The molecule has 1 N–H and O–H groups in total. The van der Waals surface area contributed by atoms with E-state index >= 15 is 0 Å². The van der Waals surface area contributed by atoms with Crippen LogP contribution in [0.3, 0.4) is 0 Å². The third kappa shape index (κ3) is 4.46. The summed E-state index contributed by atoms with van der Waals surface area (Å²) in [5.41, 5.74) is 0.450. The molecule has 1 amide bonds. The van der Waals surface area contributed by atoms with Crippen molar-refractivity contribution in [3.63, 3.8) is 0 Å². The molecule has 9 heteroatoms. The number of halogens is 1. The molecule has 0 saturated carbocycles. The molecule has 0 aliphatic carbocycles. The van der Waals surface area contributed by atoms with Gasteiger partial charge in [0.2, 0.25) is 15.9 Å². The van der Waals surface area contributed by atoms with Crippen molar-refractivity contribution in [2.45, 2.75) is 4.90 Å². The number of carbonyl (C=O) groups excluding carboxylic acids is 1. The molecule has 140 valence electrons. The molecule has 0 atom stereocenters. The number of benzene rings is 2. The van der Waals surface area contributed by atoms with E-state index < -0.39 is 22.5 Å². The van der Waals surface area contributed by atoms with E-state index in [0.717, 1.165) is 4.31 Å². The molecule has 0 radical (unpaired) electrons. The smallest absolute Gasteiger partial charge is 0.247 e. The number of carbonyl (C=O) groups is 1. The first-order valence-corrected chi connectivity index (χ1v) is 9.34. The molecule has 0 bridgehead atoms. The van der Waals surface area contributed by atoms with Crippen LogP contribution in [-0.2, 0) is 14.8 Å². The topological polar surface area (TPSA) is 84.9 Å². The Labute approximate surface area is 157 Å².